The minimum Gasteiger partial charge on any atom is -0.435 e. The zero-order chi connectivity index (χ0) is 12.6. The number of carboxylic acid groups (broad SMARTS) is 1. The second kappa shape index (κ2) is 3.96. The Bertz CT molecular complexity index is 289. The van der Waals surface area contributed by atoms with Gasteiger partial charge in [-0.2, -0.15) is 4.79 Å². The van der Waals surface area contributed by atoms with Crippen LogP contribution in [0.4, 0.5) is 9.18 Å². The predicted molar refractivity (Wildman–Crippen MR) is 57.9 cm³/mol. The molecule has 5 heteroatoms. The van der Waals surface area contributed by atoms with Crippen molar-refractivity contribution in [2.75, 3.05) is 19.7 Å². The number of carbonyl (C=O) groups is 1. The van der Waals surface area contributed by atoms with Crippen LogP contribution in [0.5, 0.6) is 0 Å². The molecule has 2 atom stereocenters. The lowest BCUT2D eigenvalue weighted by atomic mass is 9.88. The average molecular weight is 234 g/mol. The van der Waals surface area contributed by atoms with E-state index in [1.54, 1.807) is 20.8 Å². The highest BCUT2D eigenvalue weighted by Gasteiger charge is 2.55. The number of nitrogens with zero attached hydrogens (tertiary/aromatic N) is 1. The Morgan fingerprint density at radius 3 is 2.44 bits per heavy atom. The summed E-state index contributed by atoms with van der Waals surface area (Å²) in [7, 11) is 0. The lowest BCUT2D eigenvalue weighted by molar-refractivity contribution is -0.913. The lowest BCUT2D eigenvalue weighted by Crippen LogP contribution is -2.70. The van der Waals surface area contributed by atoms with Gasteiger partial charge in [0.25, 0.3) is 0 Å². The standard InChI is InChI=1S/C11H20FNO3/c1-10(2,3)13(9(15)16)6-4-5-11(12,7-13)8-14/h14H,4-8H2,1-3H3/p+1/t11-,13?/m0/s1. The van der Waals surface area contributed by atoms with Gasteiger partial charge >= 0.3 is 6.09 Å². The van der Waals surface area contributed by atoms with Gasteiger partial charge < -0.3 is 10.2 Å². The van der Waals surface area contributed by atoms with Gasteiger partial charge in [-0.05, 0) is 27.2 Å². The molecule has 0 aromatic heterocycles. The Balaban J connectivity index is 3.09. The number of likely N-dealkylation sites (tertiary alicyclic amines) is 1. The van der Waals surface area contributed by atoms with Crippen molar-refractivity contribution in [3.63, 3.8) is 0 Å². The quantitative estimate of drug-likeness (QED) is 0.680. The van der Waals surface area contributed by atoms with Crippen molar-refractivity contribution in [3.05, 3.63) is 0 Å². The molecule has 0 radical (unpaired) electrons. The van der Waals surface area contributed by atoms with E-state index in [-0.39, 0.29) is 17.4 Å². The van der Waals surface area contributed by atoms with Crippen LogP contribution in [-0.4, -0.2) is 51.7 Å². The van der Waals surface area contributed by atoms with Gasteiger partial charge in [-0.25, -0.2) is 8.87 Å². The third kappa shape index (κ3) is 2.06. The summed E-state index contributed by atoms with van der Waals surface area (Å²) in [5.74, 6) is 0. The molecule has 1 aliphatic rings. The van der Waals surface area contributed by atoms with Crippen LogP contribution in [0.3, 0.4) is 0 Å². The number of hydrogen-bond donors (Lipinski definition) is 2. The van der Waals surface area contributed by atoms with Crippen molar-refractivity contribution in [1.29, 1.82) is 0 Å². The fraction of sp³-hybridized carbons (Fsp3) is 0.909. The Labute approximate surface area is 95.3 Å². The van der Waals surface area contributed by atoms with Gasteiger partial charge in [-0.15, -0.1) is 0 Å². The molecule has 0 aromatic rings. The lowest BCUT2D eigenvalue weighted by Gasteiger charge is -2.49. The van der Waals surface area contributed by atoms with E-state index < -0.39 is 23.9 Å². The highest BCUT2D eigenvalue weighted by molar-refractivity contribution is 5.57. The second-order valence-corrected chi connectivity index (χ2v) is 5.72. The summed E-state index contributed by atoms with van der Waals surface area (Å²) >= 11 is 0. The number of rotatable bonds is 1. The van der Waals surface area contributed by atoms with Crippen LogP contribution in [0.1, 0.15) is 33.6 Å². The summed E-state index contributed by atoms with van der Waals surface area (Å²) in [4.78, 5) is 11.5. The van der Waals surface area contributed by atoms with Crippen molar-refractivity contribution < 1.29 is 23.9 Å². The summed E-state index contributed by atoms with van der Waals surface area (Å²) in [5, 5.41) is 18.4. The van der Waals surface area contributed by atoms with Gasteiger partial charge in [-0.3, -0.25) is 0 Å². The summed E-state index contributed by atoms with van der Waals surface area (Å²) < 4.78 is 13.8. The molecule has 16 heavy (non-hydrogen) atoms. The molecule has 0 aliphatic carbocycles. The topological polar surface area (TPSA) is 57.5 Å². The van der Waals surface area contributed by atoms with Crippen molar-refractivity contribution >= 4 is 6.09 Å². The van der Waals surface area contributed by atoms with E-state index in [4.69, 9.17) is 5.11 Å². The molecule has 1 amide bonds. The highest BCUT2D eigenvalue weighted by atomic mass is 19.1. The maximum atomic E-state index is 14.2. The van der Waals surface area contributed by atoms with E-state index in [0.29, 0.717) is 13.0 Å². The van der Waals surface area contributed by atoms with Gasteiger partial charge in [0, 0.05) is 6.42 Å². The van der Waals surface area contributed by atoms with Gasteiger partial charge in [-0.1, -0.05) is 0 Å². The third-order valence-corrected chi connectivity index (χ3v) is 3.65. The maximum absolute atomic E-state index is 14.2. The molecule has 4 nitrogen and oxygen atoms in total. The molecule has 94 valence electrons. The van der Waals surface area contributed by atoms with Crippen LogP contribution in [0.25, 0.3) is 0 Å². The van der Waals surface area contributed by atoms with Crippen LogP contribution in [0.15, 0.2) is 0 Å². The summed E-state index contributed by atoms with van der Waals surface area (Å²) in [5.41, 5.74) is -2.33. The van der Waals surface area contributed by atoms with E-state index in [1.807, 2.05) is 0 Å². The second-order valence-electron chi connectivity index (χ2n) is 5.72. The number of alkyl halides is 1. The Hall–Kier alpha value is -0.680. The van der Waals surface area contributed by atoms with Crippen LogP contribution < -0.4 is 0 Å². The van der Waals surface area contributed by atoms with E-state index in [2.05, 4.69) is 0 Å². The molecule has 2 N–H and O–H groups in total. The van der Waals surface area contributed by atoms with E-state index in [0.717, 1.165) is 0 Å². The van der Waals surface area contributed by atoms with Crippen LogP contribution in [-0.2, 0) is 0 Å². The minimum atomic E-state index is -1.76. The average Bonchev–Trinajstić information content (AvgIpc) is 2.16. The summed E-state index contributed by atoms with van der Waals surface area (Å²) in [6, 6.07) is 0. The zero-order valence-electron chi connectivity index (χ0n) is 10.2. The first-order valence-corrected chi connectivity index (χ1v) is 5.57. The molecule has 1 rings (SSSR count). The van der Waals surface area contributed by atoms with Gasteiger partial charge in [0.15, 0.2) is 5.67 Å². The Morgan fingerprint density at radius 1 is 1.50 bits per heavy atom. The van der Waals surface area contributed by atoms with Crippen molar-refractivity contribution in [3.8, 4) is 0 Å². The van der Waals surface area contributed by atoms with Crippen LogP contribution in [0.2, 0.25) is 0 Å². The first-order valence-electron chi connectivity index (χ1n) is 5.57. The van der Waals surface area contributed by atoms with Crippen molar-refractivity contribution in [1.82, 2.24) is 0 Å². The molecular weight excluding hydrogens is 213 g/mol. The van der Waals surface area contributed by atoms with E-state index in [1.165, 1.54) is 0 Å². The number of aliphatic hydroxyl groups is 1. The number of halogens is 1. The normalized spacial score (nSPS) is 36.1. The van der Waals surface area contributed by atoms with E-state index in [9.17, 15) is 14.3 Å². The van der Waals surface area contributed by atoms with Crippen molar-refractivity contribution in [2.24, 2.45) is 0 Å². The van der Waals surface area contributed by atoms with Gasteiger partial charge in [0.1, 0.15) is 12.1 Å². The summed E-state index contributed by atoms with van der Waals surface area (Å²) in [6.45, 7) is 5.06. The molecule has 0 aromatic carbocycles. The van der Waals surface area contributed by atoms with Crippen LogP contribution in [0, 0.1) is 0 Å². The number of hydrogen-bond acceptors (Lipinski definition) is 2. The fourth-order valence-electron chi connectivity index (χ4n) is 2.46. The SMILES string of the molecule is CC(C)(C)[N+]1(C(=O)O)CCC[C@@](F)(CO)C1. The molecule has 1 unspecified atom stereocenters. The molecule has 1 aliphatic heterocycles. The first-order chi connectivity index (χ1) is 7.17. The molecule has 1 heterocycles. The molecule has 0 bridgehead atoms. The molecule has 1 fully saturated rings. The molecular formula is C11H21FNO3+. The minimum absolute atomic E-state index is 0.150. The first kappa shape index (κ1) is 13.4. The summed E-state index contributed by atoms with van der Waals surface area (Å²) in [6.07, 6.45) is -0.282. The smallest absolute Gasteiger partial charge is 0.435 e. The Kier molecular flexibility index (Phi) is 3.32. The number of piperidine rings is 1. The van der Waals surface area contributed by atoms with Gasteiger partial charge in [0.2, 0.25) is 0 Å². The van der Waals surface area contributed by atoms with Crippen molar-refractivity contribution in [2.45, 2.75) is 44.8 Å². The zero-order valence-corrected chi connectivity index (χ0v) is 10.2. The Morgan fingerprint density at radius 2 is 2.06 bits per heavy atom. The maximum Gasteiger partial charge on any atom is 0.514 e. The third-order valence-electron chi connectivity index (χ3n) is 3.65. The van der Waals surface area contributed by atoms with Crippen LogP contribution >= 0.6 is 0 Å². The molecule has 0 spiro atoms. The van der Waals surface area contributed by atoms with Gasteiger partial charge in [0.05, 0.1) is 13.2 Å². The van der Waals surface area contributed by atoms with E-state index >= 15 is 0 Å². The monoisotopic (exact) mass is 234 g/mol. The molecule has 0 saturated carbocycles. The number of aliphatic hydroxyl groups excluding tert-OH is 1. The number of amides is 1. The highest BCUT2D eigenvalue weighted by Crippen LogP contribution is 2.36. The predicted octanol–water partition coefficient (Wildman–Crippen LogP) is 1.77. The fourth-order valence-corrected chi connectivity index (χ4v) is 2.46. The largest absolute Gasteiger partial charge is 0.514 e. The molecule has 1 saturated heterocycles. The number of quaternary nitrogens is 1.